The smallest absolute Gasteiger partial charge is 0.407 e. The number of piperidine rings is 1. The van der Waals surface area contributed by atoms with E-state index in [9.17, 15) is 14.7 Å². The van der Waals surface area contributed by atoms with E-state index in [1.54, 1.807) is 6.92 Å². The molecular formula is C16H23ClN2O3S. The van der Waals surface area contributed by atoms with Crippen molar-refractivity contribution in [3.8, 4) is 0 Å². The first kappa shape index (κ1) is 18.1. The molecule has 0 saturated carbocycles. The largest absolute Gasteiger partial charge is 0.465 e. The fraction of sp³-hybridized carbons (Fsp3) is 0.625. The van der Waals surface area contributed by atoms with Crippen molar-refractivity contribution in [2.24, 2.45) is 0 Å². The van der Waals surface area contributed by atoms with Gasteiger partial charge < -0.3 is 14.9 Å². The van der Waals surface area contributed by atoms with Crippen LogP contribution in [-0.2, 0) is 4.79 Å². The lowest BCUT2D eigenvalue weighted by atomic mass is 9.89. The number of carbonyl (C=O) groups is 2. The molecule has 2 amide bonds. The van der Waals surface area contributed by atoms with E-state index >= 15 is 0 Å². The summed E-state index contributed by atoms with van der Waals surface area (Å²) in [7, 11) is 0. The van der Waals surface area contributed by atoms with Gasteiger partial charge in [0.15, 0.2) is 0 Å². The molecule has 5 nitrogen and oxygen atoms in total. The zero-order valence-corrected chi connectivity index (χ0v) is 15.4. The quantitative estimate of drug-likeness (QED) is 0.860. The first-order chi connectivity index (χ1) is 10.6. The zero-order valence-electron chi connectivity index (χ0n) is 13.9. The Morgan fingerprint density at radius 1 is 1.43 bits per heavy atom. The normalized spacial score (nSPS) is 22.0. The van der Waals surface area contributed by atoms with Crippen LogP contribution in [-0.4, -0.2) is 45.0 Å². The molecule has 0 spiro atoms. The number of amides is 2. The average Bonchev–Trinajstić information content (AvgIpc) is 2.82. The molecule has 23 heavy (non-hydrogen) atoms. The molecule has 1 aliphatic rings. The highest BCUT2D eigenvalue weighted by atomic mass is 35.5. The van der Waals surface area contributed by atoms with Crippen LogP contribution in [0.15, 0.2) is 11.4 Å². The van der Waals surface area contributed by atoms with Crippen LogP contribution in [0.4, 0.5) is 4.79 Å². The second-order valence-electron chi connectivity index (χ2n) is 6.91. The molecule has 0 aliphatic carbocycles. The van der Waals surface area contributed by atoms with Crippen molar-refractivity contribution in [2.45, 2.75) is 58.2 Å². The minimum absolute atomic E-state index is 0.00778. The predicted octanol–water partition coefficient (Wildman–Crippen LogP) is 4.23. The van der Waals surface area contributed by atoms with Gasteiger partial charge in [0, 0.05) is 25.0 Å². The summed E-state index contributed by atoms with van der Waals surface area (Å²) in [5.74, 6) is 0.00778. The van der Waals surface area contributed by atoms with E-state index in [4.69, 9.17) is 11.6 Å². The fourth-order valence-electron chi connectivity index (χ4n) is 3.36. The lowest BCUT2D eigenvalue weighted by Gasteiger charge is -2.46. The van der Waals surface area contributed by atoms with E-state index in [1.807, 2.05) is 37.1 Å². The van der Waals surface area contributed by atoms with Gasteiger partial charge >= 0.3 is 6.09 Å². The molecule has 1 saturated heterocycles. The lowest BCUT2D eigenvalue weighted by Crippen LogP contribution is -2.55. The molecule has 1 aromatic heterocycles. The van der Waals surface area contributed by atoms with Crippen LogP contribution in [0.2, 0.25) is 4.34 Å². The monoisotopic (exact) mass is 358 g/mol. The summed E-state index contributed by atoms with van der Waals surface area (Å²) in [4.78, 5) is 27.0. The van der Waals surface area contributed by atoms with Crippen molar-refractivity contribution in [1.82, 2.24) is 9.80 Å². The Bertz CT molecular complexity index is 596. The Morgan fingerprint density at radius 2 is 2.09 bits per heavy atom. The molecule has 2 heterocycles. The Hall–Kier alpha value is -1.27. The van der Waals surface area contributed by atoms with E-state index in [0.29, 0.717) is 23.7 Å². The maximum absolute atomic E-state index is 12.0. The molecular weight excluding hydrogens is 336 g/mol. The molecule has 1 aromatic rings. The topological polar surface area (TPSA) is 60.9 Å². The van der Waals surface area contributed by atoms with Crippen molar-refractivity contribution in [3.05, 3.63) is 21.3 Å². The first-order valence-corrected chi connectivity index (χ1v) is 8.90. The van der Waals surface area contributed by atoms with Crippen LogP contribution in [0.5, 0.6) is 0 Å². The van der Waals surface area contributed by atoms with Gasteiger partial charge in [0.2, 0.25) is 5.91 Å². The minimum Gasteiger partial charge on any atom is -0.465 e. The lowest BCUT2D eigenvalue weighted by molar-refractivity contribution is -0.133. The number of carbonyl (C=O) groups excluding carboxylic acids is 1. The Morgan fingerprint density at radius 3 is 2.52 bits per heavy atom. The second-order valence-corrected chi connectivity index (χ2v) is 8.46. The Labute approximate surface area is 145 Å². The number of hydrogen-bond donors (Lipinski definition) is 1. The third kappa shape index (κ3) is 3.98. The number of rotatable bonds is 2. The van der Waals surface area contributed by atoms with E-state index in [1.165, 1.54) is 16.2 Å². The van der Waals surface area contributed by atoms with Crippen LogP contribution in [0.3, 0.4) is 0 Å². The highest BCUT2D eigenvalue weighted by molar-refractivity contribution is 7.14. The minimum atomic E-state index is -0.916. The van der Waals surface area contributed by atoms with Crippen LogP contribution in [0.1, 0.15) is 52.1 Å². The van der Waals surface area contributed by atoms with E-state index in [-0.39, 0.29) is 18.0 Å². The number of halogens is 1. The predicted molar refractivity (Wildman–Crippen MR) is 92.1 cm³/mol. The van der Waals surface area contributed by atoms with Crippen molar-refractivity contribution in [3.63, 3.8) is 0 Å². The number of nitrogens with zero attached hydrogens (tertiary/aromatic N) is 2. The Balaban J connectivity index is 2.30. The third-order valence-electron chi connectivity index (χ3n) is 4.25. The summed E-state index contributed by atoms with van der Waals surface area (Å²) in [6.45, 7) is 7.80. The van der Waals surface area contributed by atoms with Gasteiger partial charge in [-0.15, -0.1) is 11.3 Å². The van der Waals surface area contributed by atoms with Gasteiger partial charge in [0.05, 0.1) is 10.4 Å². The zero-order chi connectivity index (χ0) is 17.4. The first-order valence-electron chi connectivity index (χ1n) is 7.64. The summed E-state index contributed by atoms with van der Waals surface area (Å²) >= 11 is 7.47. The molecule has 1 fully saturated rings. The summed E-state index contributed by atoms with van der Waals surface area (Å²) in [6, 6.07) is 1.63. The maximum Gasteiger partial charge on any atom is 0.407 e. The Kier molecular flexibility index (Phi) is 5.26. The number of thiophene rings is 1. The molecule has 0 radical (unpaired) electrons. The average molecular weight is 359 g/mol. The van der Waals surface area contributed by atoms with Gasteiger partial charge in [-0.05, 0) is 50.6 Å². The van der Waals surface area contributed by atoms with E-state index in [2.05, 4.69) is 0 Å². The summed E-state index contributed by atoms with van der Waals surface area (Å²) in [6.07, 6.45) is 0.328. The van der Waals surface area contributed by atoms with Crippen LogP contribution in [0, 0.1) is 0 Å². The van der Waals surface area contributed by atoms with E-state index in [0.717, 1.165) is 5.56 Å². The van der Waals surface area contributed by atoms with Crippen LogP contribution >= 0.6 is 22.9 Å². The standard InChI is InChI=1S/C16H23ClN2O3S/c1-10(20)18-6-5-12(19(15(21)22)16(2,3)4)8-13(18)11-7-14(17)23-9-11/h7,9,12-13H,5-6,8H2,1-4H3,(H,21,22). The molecule has 128 valence electrons. The molecule has 2 rings (SSSR count). The summed E-state index contributed by atoms with van der Waals surface area (Å²) < 4.78 is 0.677. The fourth-order valence-corrected chi connectivity index (χ4v) is 4.30. The molecule has 1 aliphatic heterocycles. The highest BCUT2D eigenvalue weighted by Gasteiger charge is 2.39. The van der Waals surface area contributed by atoms with Crippen LogP contribution in [0.25, 0.3) is 0 Å². The van der Waals surface area contributed by atoms with Crippen molar-refractivity contribution < 1.29 is 14.7 Å². The molecule has 1 N–H and O–H groups in total. The number of likely N-dealkylation sites (tertiary alicyclic amines) is 1. The summed E-state index contributed by atoms with van der Waals surface area (Å²) in [5.41, 5.74) is 0.505. The van der Waals surface area contributed by atoms with Gasteiger partial charge in [-0.2, -0.15) is 0 Å². The molecule has 0 aromatic carbocycles. The van der Waals surface area contributed by atoms with Gasteiger partial charge in [0.1, 0.15) is 0 Å². The molecule has 7 heteroatoms. The highest BCUT2D eigenvalue weighted by Crippen LogP contribution is 2.38. The summed E-state index contributed by atoms with van der Waals surface area (Å²) in [5, 5.41) is 11.6. The molecule has 2 unspecified atom stereocenters. The van der Waals surface area contributed by atoms with Crippen LogP contribution < -0.4 is 0 Å². The molecule has 0 bridgehead atoms. The van der Waals surface area contributed by atoms with Crippen molar-refractivity contribution >= 4 is 34.9 Å². The van der Waals surface area contributed by atoms with Gasteiger partial charge in [0.25, 0.3) is 0 Å². The third-order valence-corrected chi connectivity index (χ3v) is 5.36. The SMILES string of the molecule is CC(=O)N1CCC(N(C(=O)O)C(C)(C)C)CC1c1csc(Cl)c1. The second kappa shape index (κ2) is 6.69. The van der Waals surface area contributed by atoms with Crippen molar-refractivity contribution in [1.29, 1.82) is 0 Å². The van der Waals surface area contributed by atoms with Gasteiger partial charge in [-0.25, -0.2) is 4.79 Å². The van der Waals surface area contributed by atoms with Crippen molar-refractivity contribution in [2.75, 3.05) is 6.54 Å². The molecule has 2 atom stereocenters. The maximum atomic E-state index is 12.0. The van der Waals surface area contributed by atoms with Gasteiger partial charge in [-0.1, -0.05) is 11.6 Å². The number of hydrogen-bond acceptors (Lipinski definition) is 3. The van der Waals surface area contributed by atoms with E-state index < -0.39 is 11.6 Å². The number of carboxylic acid groups (broad SMARTS) is 1. The van der Waals surface area contributed by atoms with Gasteiger partial charge in [-0.3, -0.25) is 4.79 Å².